The molecular formula is C23H33N7OS. The fourth-order valence-electron chi connectivity index (χ4n) is 2.55. The first-order valence-corrected chi connectivity index (χ1v) is 11.3. The lowest BCUT2D eigenvalue weighted by Crippen LogP contribution is -2.21. The Morgan fingerprint density at radius 1 is 1.16 bits per heavy atom. The maximum absolute atomic E-state index is 11.6. The highest BCUT2D eigenvalue weighted by atomic mass is 32.2. The van der Waals surface area contributed by atoms with Crippen LogP contribution < -0.4 is 21.3 Å². The number of carbonyl (C=O) groups is 1. The molecule has 0 radical (unpaired) electrons. The Labute approximate surface area is 195 Å². The van der Waals surface area contributed by atoms with Gasteiger partial charge in [-0.1, -0.05) is 19.1 Å². The zero-order valence-corrected chi connectivity index (χ0v) is 20.3. The van der Waals surface area contributed by atoms with Crippen LogP contribution in [0.3, 0.4) is 0 Å². The minimum Gasteiger partial charge on any atom is -0.375 e. The predicted octanol–water partition coefficient (Wildman–Crippen LogP) is 4.00. The van der Waals surface area contributed by atoms with Gasteiger partial charge in [0.05, 0.1) is 0 Å². The van der Waals surface area contributed by atoms with Crippen LogP contribution in [0.15, 0.2) is 64.4 Å². The van der Waals surface area contributed by atoms with Crippen LogP contribution >= 0.6 is 11.8 Å². The molecule has 0 unspecified atom stereocenters. The lowest BCUT2D eigenvalue weighted by atomic mass is 10.3. The maximum Gasteiger partial charge on any atom is 0.224 e. The fraction of sp³-hybridized carbons (Fsp3) is 0.348. The average Bonchev–Trinajstić information content (AvgIpc) is 2.74. The van der Waals surface area contributed by atoms with Crippen molar-refractivity contribution in [2.24, 2.45) is 0 Å². The van der Waals surface area contributed by atoms with Gasteiger partial charge in [0.25, 0.3) is 0 Å². The van der Waals surface area contributed by atoms with E-state index in [1.165, 1.54) is 11.8 Å². The highest BCUT2D eigenvalue weighted by molar-refractivity contribution is 7.99. The monoisotopic (exact) mass is 455 g/mol. The molecule has 0 aliphatic carbocycles. The predicted molar refractivity (Wildman–Crippen MR) is 134 cm³/mol. The number of carbonyl (C=O) groups excluding carboxylic acids is 1. The standard InChI is InChI=1S/C23H33N7OS/c1-7-22(31)26-17-8-10-18(11-9-17)32-23-28-20(25-12-13-30(5)6)15-21(29-23)27-19(24-4)14-16(2)3/h8-11,14-15,24H,2,7,12-13H2,1,3-6H3,(H,26,31)(H2,25,27,28,29)/b19-14+. The smallest absolute Gasteiger partial charge is 0.224 e. The molecule has 8 nitrogen and oxygen atoms in total. The molecule has 2 aromatic rings. The van der Waals surface area contributed by atoms with Crippen LogP contribution in [0.2, 0.25) is 0 Å². The Kier molecular flexibility index (Phi) is 10.0. The fourth-order valence-corrected chi connectivity index (χ4v) is 3.32. The first kappa shape index (κ1) is 25.2. The zero-order valence-electron chi connectivity index (χ0n) is 19.5. The van der Waals surface area contributed by atoms with Crippen molar-refractivity contribution in [1.82, 2.24) is 20.2 Å². The number of aromatic nitrogens is 2. The highest BCUT2D eigenvalue weighted by Gasteiger charge is 2.09. The summed E-state index contributed by atoms with van der Waals surface area (Å²) in [4.78, 5) is 24.0. The molecular weight excluding hydrogens is 422 g/mol. The first-order chi connectivity index (χ1) is 15.3. The van der Waals surface area contributed by atoms with E-state index in [1.807, 2.05) is 71.4 Å². The van der Waals surface area contributed by atoms with Crippen LogP contribution in [0, 0.1) is 0 Å². The van der Waals surface area contributed by atoms with E-state index < -0.39 is 0 Å². The molecule has 1 heterocycles. The molecule has 0 saturated carbocycles. The lowest BCUT2D eigenvalue weighted by molar-refractivity contribution is -0.115. The average molecular weight is 456 g/mol. The third kappa shape index (κ3) is 8.99. The van der Waals surface area contributed by atoms with Crippen molar-refractivity contribution in [2.45, 2.75) is 30.3 Å². The summed E-state index contributed by atoms with van der Waals surface area (Å²) < 4.78 is 0. The van der Waals surface area contributed by atoms with Gasteiger partial charge in [0, 0.05) is 43.2 Å². The molecule has 2 rings (SSSR count). The molecule has 1 amide bonds. The minimum absolute atomic E-state index is 0.0101. The second-order valence-corrected chi connectivity index (χ2v) is 8.50. The van der Waals surface area contributed by atoms with Crippen molar-refractivity contribution < 1.29 is 4.79 Å². The summed E-state index contributed by atoms with van der Waals surface area (Å²) in [6, 6.07) is 9.52. The Morgan fingerprint density at radius 2 is 1.84 bits per heavy atom. The summed E-state index contributed by atoms with van der Waals surface area (Å²) in [5, 5.41) is 13.2. The largest absolute Gasteiger partial charge is 0.375 e. The van der Waals surface area contributed by atoms with E-state index in [4.69, 9.17) is 0 Å². The van der Waals surface area contributed by atoms with Gasteiger partial charge in [0.2, 0.25) is 5.91 Å². The number of hydrogen-bond donors (Lipinski definition) is 4. The van der Waals surface area contributed by atoms with Gasteiger partial charge in [-0.25, -0.2) is 9.97 Å². The number of hydrogen-bond acceptors (Lipinski definition) is 8. The first-order valence-electron chi connectivity index (χ1n) is 10.5. The minimum atomic E-state index is -0.0101. The molecule has 0 aliphatic rings. The highest BCUT2D eigenvalue weighted by Crippen LogP contribution is 2.28. The van der Waals surface area contributed by atoms with Crippen molar-refractivity contribution in [3.63, 3.8) is 0 Å². The van der Waals surface area contributed by atoms with Gasteiger partial charge >= 0.3 is 0 Å². The second kappa shape index (κ2) is 12.7. The summed E-state index contributed by atoms with van der Waals surface area (Å²) >= 11 is 1.45. The van der Waals surface area contributed by atoms with E-state index in [9.17, 15) is 4.79 Å². The number of anilines is 3. The van der Waals surface area contributed by atoms with Gasteiger partial charge in [-0.2, -0.15) is 0 Å². The van der Waals surface area contributed by atoms with Crippen LogP contribution in [0.4, 0.5) is 17.3 Å². The number of benzene rings is 1. The number of amides is 1. The van der Waals surface area contributed by atoms with E-state index in [0.717, 1.165) is 40.9 Å². The van der Waals surface area contributed by atoms with Crippen LogP contribution in [0.25, 0.3) is 0 Å². The Hall–Kier alpha value is -3.04. The van der Waals surface area contributed by atoms with Crippen LogP contribution in [-0.4, -0.2) is 55.0 Å². The Bertz CT molecular complexity index is 942. The Morgan fingerprint density at radius 3 is 2.44 bits per heavy atom. The van der Waals surface area contributed by atoms with E-state index in [2.05, 4.69) is 42.7 Å². The van der Waals surface area contributed by atoms with Crippen molar-refractivity contribution in [3.05, 3.63) is 54.4 Å². The van der Waals surface area contributed by atoms with Gasteiger partial charge in [-0.3, -0.25) is 4.79 Å². The van der Waals surface area contributed by atoms with Crippen molar-refractivity contribution >= 4 is 35.0 Å². The normalized spacial score (nSPS) is 11.2. The summed E-state index contributed by atoms with van der Waals surface area (Å²) in [5.41, 5.74) is 1.69. The van der Waals surface area contributed by atoms with Crippen molar-refractivity contribution in [1.29, 1.82) is 0 Å². The van der Waals surface area contributed by atoms with Gasteiger partial charge in [-0.05, 0) is 63.1 Å². The molecule has 9 heteroatoms. The second-order valence-electron chi connectivity index (χ2n) is 7.46. The van der Waals surface area contributed by atoms with Crippen LogP contribution in [-0.2, 0) is 4.79 Å². The summed E-state index contributed by atoms with van der Waals surface area (Å²) in [5.74, 6) is 2.19. The van der Waals surface area contributed by atoms with E-state index in [-0.39, 0.29) is 5.91 Å². The molecule has 172 valence electrons. The molecule has 1 aromatic carbocycles. The number of likely N-dealkylation sites (N-methyl/N-ethyl adjacent to an activating group) is 1. The molecule has 0 aliphatic heterocycles. The Balaban J connectivity index is 2.23. The van der Waals surface area contributed by atoms with Crippen molar-refractivity contribution in [2.75, 3.05) is 50.2 Å². The molecule has 32 heavy (non-hydrogen) atoms. The summed E-state index contributed by atoms with van der Waals surface area (Å²) in [6.45, 7) is 9.33. The number of allylic oxidation sites excluding steroid dienone is 2. The molecule has 4 N–H and O–H groups in total. The van der Waals surface area contributed by atoms with Crippen LogP contribution in [0.1, 0.15) is 20.3 Å². The van der Waals surface area contributed by atoms with Gasteiger partial charge in [-0.15, -0.1) is 0 Å². The summed E-state index contributed by atoms with van der Waals surface area (Å²) in [6.07, 6.45) is 2.36. The van der Waals surface area contributed by atoms with Gasteiger partial charge < -0.3 is 26.2 Å². The third-order valence-electron chi connectivity index (χ3n) is 4.16. The molecule has 0 bridgehead atoms. The SMILES string of the molecule is C=C(C)/C=C(\NC)Nc1cc(NCCN(C)C)nc(Sc2ccc(NC(=O)CC)cc2)n1. The molecule has 0 saturated heterocycles. The number of nitrogens with zero attached hydrogens (tertiary/aromatic N) is 3. The number of rotatable bonds is 12. The topological polar surface area (TPSA) is 94.2 Å². The zero-order chi connectivity index (χ0) is 23.5. The molecule has 0 fully saturated rings. The molecule has 1 aromatic heterocycles. The van der Waals surface area contributed by atoms with Gasteiger partial charge in [0.1, 0.15) is 17.5 Å². The maximum atomic E-state index is 11.6. The van der Waals surface area contributed by atoms with Crippen molar-refractivity contribution in [3.8, 4) is 0 Å². The van der Waals surface area contributed by atoms with Gasteiger partial charge in [0.15, 0.2) is 5.16 Å². The van der Waals surface area contributed by atoms with E-state index in [0.29, 0.717) is 17.4 Å². The van der Waals surface area contributed by atoms with E-state index >= 15 is 0 Å². The quantitative estimate of drug-likeness (QED) is 0.282. The number of nitrogens with one attached hydrogen (secondary N) is 4. The molecule has 0 spiro atoms. The van der Waals surface area contributed by atoms with E-state index in [1.54, 1.807) is 0 Å². The van der Waals surface area contributed by atoms with Crippen LogP contribution in [0.5, 0.6) is 0 Å². The summed E-state index contributed by atoms with van der Waals surface area (Å²) in [7, 11) is 5.90. The molecule has 0 atom stereocenters. The lowest BCUT2D eigenvalue weighted by Gasteiger charge is -2.14. The third-order valence-corrected chi connectivity index (χ3v) is 5.03.